The monoisotopic (exact) mass is 295 g/mol. The first-order valence-electron chi connectivity index (χ1n) is 7.62. The molecule has 4 rings (SSSR count). The number of aromatic nitrogens is 4. The van der Waals surface area contributed by atoms with E-state index in [-0.39, 0.29) is 12.0 Å². The molecule has 22 heavy (non-hydrogen) atoms. The average molecular weight is 295 g/mol. The highest BCUT2D eigenvalue weighted by molar-refractivity contribution is 6.01. The Morgan fingerprint density at radius 1 is 1.50 bits per heavy atom. The van der Waals surface area contributed by atoms with Crippen molar-refractivity contribution in [3.63, 3.8) is 0 Å². The van der Waals surface area contributed by atoms with Gasteiger partial charge in [0.2, 0.25) is 0 Å². The van der Waals surface area contributed by atoms with Gasteiger partial charge in [-0.25, -0.2) is 9.97 Å². The number of hydrogen-bond acceptors (Lipinski definition) is 4. The second kappa shape index (κ2) is 4.82. The van der Waals surface area contributed by atoms with Crippen molar-refractivity contribution in [2.45, 2.75) is 38.3 Å². The first-order valence-corrected chi connectivity index (χ1v) is 7.62. The topological polar surface area (TPSA) is 90.5 Å². The molecule has 1 fully saturated rings. The quantitative estimate of drug-likeness (QED) is 0.760. The molecule has 1 aliphatic carbocycles. The Morgan fingerprint density at radius 3 is 3.14 bits per heavy atom. The number of hydrogen-bond donors (Lipinski definition) is 2. The van der Waals surface area contributed by atoms with Crippen LogP contribution >= 0.6 is 0 Å². The molecule has 0 amide bonds. The molecule has 2 N–H and O–H groups in total. The largest absolute Gasteiger partial charge is 0.385 e. The number of aliphatic hydroxyl groups is 1. The molecule has 1 saturated carbocycles. The fourth-order valence-electron chi connectivity index (χ4n) is 3.64. The van der Waals surface area contributed by atoms with E-state index in [1.54, 1.807) is 13.1 Å². The highest BCUT2D eigenvalue weighted by Gasteiger charge is 2.33. The third-order valence-corrected chi connectivity index (χ3v) is 4.61. The van der Waals surface area contributed by atoms with Crippen LogP contribution in [0.4, 0.5) is 0 Å². The van der Waals surface area contributed by atoms with Gasteiger partial charge in [0.1, 0.15) is 23.1 Å². The van der Waals surface area contributed by atoms with Crippen molar-refractivity contribution in [1.29, 1.82) is 5.26 Å². The molecule has 0 aromatic carbocycles. The second-order valence-corrected chi connectivity index (χ2v) is 5.98. The third-order valence-electron chi connectivity index (χ3n) is 4.61. The summed E-state index contributed by atoms with van der Waals surface area (Å²) in [5.74, 6) is 0.592. The molecule has 6 nitrogen and oxygen atoms in total. The zero-order valence-electron chi connectivity index (χ0n) is 12.3. The molecule has 0 bridgehead atoms. The van der Waals surface area contributed by atoms with Crippen molar-refractivity contribution in [2.24, 2.45) is 5.92 Å². The maximum atomic E-state index is 10.2. The van der Waals surface area contributed by atoms with Crippen LogP contribution in [0.25, 0.3) is 22.1 Å². The summed E-state index contributed by atoms with van der Waals surface area (Å²) in [6.07, 6.45) is 5.78. The minimum Gasteiger partial charge on any atom is -0.385 e. The number of nitrogens with one attached hydrogen (secondary N) is 1. The highest BCUT2D eigenvalue weighted by atomic mass is 16.3. The Labute approximate surface area is 127 Å². The zero-order chi connectivity index (χ0) is 15.3. The predicted octanol–water partition coefficient (Wildman–Crippen LogP) is 2.83. The maximum absolute atomic E-state index is 10.2. The summed E-state index contributed by atoms with van der Waals surface area (Å²) in [5, 5.41) is 20.6. The second-order valence-electron chi connectivity index (χ2n) is 5.98. The molecule has 0 spiro atoms. The van der Waals surface area contributed by atoms with Gasteiger partial charge < -0.3 is 14.7 Å². The van der Waals surface area contributed by atoms with Crippen LogP contribution < -0.4 is 0 Å². The van der Waals surface area contributed by atoms with Crippen molar-refractivity contribution >= 4 is 22.1 Å². The number of pyridine rings is 1. The molecule has 0 saturated heterocycles. The first-order chi connectivity index (χ1) is 10.7. The van der Waals surface area contributed by atoms with Gasteiger partial charge in [-0.05, 0) is 32.3 Å². The number of nitrogens with zero attached hydrogens (tertiary/aromatic N) is 4. The molecular formula is C16H17N5O. The summed E-state index contributed by atoms with van der Waals surface area (Å²) in [6, 6.07) is 4.47. The van der Waals surface area contributed by atoms with Crippen LogP contribution in [0.15, 0.2) is 18.5 Å². The lowest BCUT2D eigenvalue weighted by Gasteiger charge is -2.20. The Balaban J connectivity index is 2.07. The van der Waals surface area contributed by atoms with Gasteiger partial charge in [0.05, 0.1) is 29.7 Å². The van der Waals surface area contributed by atoms with Gasteiger partial charge in [-0.15, -0.1) is 0 Å². The smallest absolute Gasteiger partial charge is 0.139 e. The number of aromatic amines is 1. The van der Waals surface area contributed by atoms with Crippen LogP contribution in [0.3, 0.4) is 0 Å². The molecule has 112 valence electrons. The van der Waals surface area contributed by atoms with Crippen molar-refractivity contribution in [1.82, 2.24) is 19.5 Å². The fraction of sp³-hybridized carbons (Fsp3) is 0.438. The minimum absolute atomic E-state index is 0.0305. The van der Waals surface area contributed by atoms with E-state index in [9.17, 15) is 10.4 Å². The summed E-state index contributed by atoms with van der Waals surface area (Å²) in [4.78, 5) is 12.1. The third kappa shape index (κ3) is 1.76. The molecule has 1 unspecified atom stereocenters. The van der Waals surface area contributed by atoms with Crippen LogP contribution in [-0.2, 0) is 0 Å². The number of H-pyrrole nitrogens is 1. The standard InChI is InChI=1S/C16H17N5O/c1-9(22)16-20-12-8-19-15-11(5-6-18-15)14(12)21(16)13-4-2-3-10(13)7-17/h5-6,8-10,13,22H,2-4H2,1H3,(H,18,19)/t9-,10+,13?/m1/s1. The van der Waals surface area contributed by atoms with Crippen molar-refractivity contribution in [3.05, 3.63) is 24.3 Å². The van der Waals surface area contributed by atoms with Crippen LogP contribution in [0.1, 0.15) is 44.2 Å². The first kappa shape index (κ1) is 13.3. The van der Waals surface area contributed by atoms with E-state index in [1.807, 2.05) is 12.3 Å². The fourth-order valence-corrected chi connectivity index (χ4v) is 3.64. The van der Waals surface area contributed by atoms with Crippen LogP contribution in [0.2, 0.25) is 0 Å². The van der Waals surface area contributed by atoms with E-state index in [0.29, 0.717) is 5.82 Å². The summed E-state index contributed by atoms with van der Waals surface area (Å²) in [7, 11) is 0. The van der Waals surface area contributed by atoms with Gasteiger partial charge in [-0.1, -0.05) is 0 Å². The minimum atomic E-state index is -0.679. The highest BCUT2D eigenvalue weighted by Crippen LogP contribution is 2.40. The van der Waals surface area contributed by atoms with E-state index in [4.69, 9.17) is 0 Å². The SMILES string of the molecule is C[C@@H](O)c1nc2cnc3[nH]ccc3c2n1C1CCC[C@H]1C#N. The van der Waals surface area contributed by atoms with Gasteiger partial charge in [0.25, 0.3) is 0 Å². The molecule has 1 aliphatic rings. The van der Waals surface area contributed by atoms with Crippen molar-refractivity contribution in [3.8, 4) is 6.07 Å². The average Bonchev–Trinajstić information content (AvgIpc) is 3.22. The number of nitriles is 1. The van der Waals surface area contributed by atoms with Crippen molar-refractivity contribution in [2.75, 3.05) is 0 Å². The lowest BCUT2D eigenvalue weighted by Crippen LogP contribution is -2.17. The molecule has 3 aromatic heterocycles. The van der Waals surface area contributed by atoms with E-state index in [0.717, 1.165) is 41.3 Å². The van der Waals surface area contributed by atoms with E-state index >= 15 is 0 Å². The summed E-state index contributed by atoms with van der Waals surface area (Å²) in [5.41, 5.74) is 2.54. The van der Waals surface area contributed by atoms with E-state index < -0.39 is 6.10 Å². The van der Waals surface area contributed by atoms with Crippen LogP contribution in [-0.4, -0.2) is 24.6 Å². The summed E-state index contributed by atoms with van der Waals surface area (Å²) >= 11 is 0. The van der Waals surface area contributed by atoms with Gasteiger partial charge >= 0.3 is 0 Å². The lowest BCUT2D eigenvalue weighted by atomic mass is 10.0. The zero-order valence-corrected chi connectivity index (χ0v) is 12.3. The van der Waals surface area contributed by atoms with Gasteiger partial charge in [0.15, 0.2) is 0 Å². The molecule has 3 atom stereocenters. The maximum Gasteiger partial charge on any atom is 0.139 e. The van der Waals surface area contributed by atoms with Gasteiger partial charge in [0, 0.05) is 11.6 Å². The number of fused-ring (bicyclic) bond motifs is 3. The van der Waals surface area contributed by atoms with Gasteiger partial charge in [-0.3, -0.25) is 0 Å². The normalized spacial score (nSPS) is 23.1. The molecule has 3 heterocycles. The summed E-state index contributed by atoms with van der Waals surface area (Å²) < 4.78 is 2.08. The number of rotatable bonds is 2. The summed E-state index contributed by atoms with van der Waals surface area (Å²) in [6.45, 7) is 1.72. The van der Waals surface area contributed by atoms with Crippen LogP contribution in [0.5, 0.6) is 0 Å². The molecule has 0 radical (unpaired) electrons. The van der Waals surface area contributed by atoms with E-state index in [1.165, 1.54) is 0 Å². The van der Waals surface area contributed by atoms with E-state index in [2.05, 4.69) is 25.6 Å². The lowest BCUT2D eigenvalue weighted by molar-refractivity contribution is 0.180. The molecular weight excluding hydrogens is 278 g/mol. The predicted molar refractivity (Wildman–Crippen MR) is 82.0 cm³/mol. The molecule has 3 aromatic rings. The Bertz CT molecular complexity index is 885. The Kier molecular flexibility index (Phi) is 2.91. The number of aliphatic hydroxyl groups excluding tert-OH is 1. The van der Waals surface area contributed by atoms with Crippen molar-refractivity contribution < 1.29 is 5.11 Å². The van der Waals surface area contributed by atoms with Gasteiger partial charge in [-0.2, -0.15) is 5.26 Å². The Morgan fingerprint density at radius 2 is 2.36 bits per heavy atom. The molecule has 6 heteroatoms. The molecule has 0 aliphatic heterocycles. The number of imidazole rings is 1. The Hall–Kier alpha value is -2.39. The van der Waals surface area contributed by atoms with Crippen LogP contribution in [0, 0.1) is 17.2 Å².